The summed E-state index contributed by atoms with van der Waals surface area (Å²) in [5.74, 6) is -0.210. The first-order valence-electron chi connectivity index (χ1n) is 13.5. The van der Waals surface area contributed by atoms with Gasteiger partial charge in [-0.05, 0) is 57.7 Å². The fraction of sp³-hybridized carbons (Fsp3) is 0.538. The van der Waals surface area contributed by atoms with Crippen LogP contribution in [0.15, 0.2) is 41.7 Å². The van der Waals surface area contributed by atoms with Gasteiger partial charge in [-0.1, -0.05) is 0 Å². The SMILES string of the molecule is CC1(C)C[C@@H]2CN1c1nc(-n3ccc(OCCC4(C(F)(F)F)CC4)n3)ccc1C(=O)NS(=O)(=O)c1ccn(n1)CCO2. The summed E-state index contributed by atoms with van der Waals surface area (Å²) in [6.07, 6.45) is -0.695. The maximum atomic E-state index is 13.4. The van der Waals surface area contributed by atoms with Crippen LogP contribution in [0.3, 0.4) is 0 Å². The summed E-state index contributed by atoms with van der Waals surface area (Å²) < 4.78 is 82.1. The van der Waals surface area contributed by atoms with Gasteiger partial charge in [0.25, 0.3) is 15.9 Å². The zero-order valence-electron chi connectivity index (χ0n) is 23.0. The molecule has 1 atom stereocenters. The van der Waals surface area contributed by atoms with Crippen molar-refractivity contribution in [1.29, 1.82) is 0 Å². The predicted molar refractivity (Wildman–Crippen MR) is 142 cm³/mol. The fourth-order valence-corrected chi connectivity index (χ4v) is 6.37. The summed E-state index contributed by atoms with van der Waals surface area (Å²) in [5.41, 5.74) is -2.14. The number of amides is 1. The molecule has 0 spiro atoms. The molecule has 1 N–H and O–H groups in total. The molecule has 0 unspecified atom stereocenters. The second-order valence-corrected chi connectivity index (χ2v) is 13.1. The zero-order valence-corrected chi connectivity index (χ0v) is 23.8. The van der Waals surface area contributed by atoms with Gasteiger partial charge in [0.2, 0.25) is 5.88 Å². The van der Waals surface area contributed by atoms with Crippen LogP contribution in [0.4, 0.5) is 19.0 Å². The monoisotopic (exact) mass is 609 g/mol. The minimum atomic E-state index is -4.27. The minimum absolute atomic E-state index is 0.0260. The van der Waals surface area contributed by atoms with Crippen LogP contribution in [0.1, 0.15) is 49.9 Å². The van der Waals surface area contributed by atoms with Crippen molar-refractivity contribution in [2.24, 2.45) is 5.41 Å². The van der Waals surface area contributed by atoms with Gasteiger partial charge >= 0.3 is 6.18 Å². The maximum Gasteiger partial charge on any atom is 0.394 e. The van der Waals surface area contributed by atoms with E-state index in [1.54, 1.807) is 6.20 Å². The minimum Gasteiger partial charge on any atom is -0.477 e. The number of ether oxygens (including phenoxy) is 2. The number of sulfonamides is 1. The molecule has 2 aliphatic heterocycles. The van der Waals surface area contributed by atoms with E-state index in [9.17, 15) is 26.4 Å². The molecule has 1 saturated carbocycles. The molecular weight excluding hydrogens is 579 g/mol. The molecule has 3 aromatic heterocycles. The Morgan fingerprint density at radius 3 is 2.67 bits per heavy atom. The highest BCUT2D eigenvalue weighted by Gasteiger charge is 2.62. The van der Waals surface area contributed by atoms with Gasteiger partial charge < -0.3 is 14.4 Å². The second kappa shape index (κ2) is 9.97. The van der Waals surface area contributed by atoms with Crippen molar-refractivity contribution >= 4 is 21.7 Å². The summed E-state index contributed by atoms with van der Waals surface area (Å²) in [7, 11) is -4.27. The van der Waals surface area contributed by atoms with Gasteiger partial charge in [-0.3, -0.25) is 9.48 Å². The summed E-state index contributed by atoms with van der Waals surface area (Å²) >= 11 is 0. The summed E-state index contributed by atoms with van der Waals surface area (Å²) in [6.45, 7) is 4.87. The van der Waals surface area contributed by atoms with E-state index in [1.165, 1.54) is 39.8 Å². The van der Waals surface area contributed by atoms with Crippen LogP contribution in [-0.4, -0.2) is 76.4 Å². The lowest BCUT2D eigenvalue weighted by molar-refractivity contribution is -0.190. The third-order valence-corrected chi connectivity index (χ3v) is 9.30. The van der Waals surface area contributed by atoms with Crippen molar-refractivity contribution in [3.63, 3.8) is 0 Å². The van der Waals surface area contributed by atoms with Gasteiger partial charge in [-0.2, -0.15) is 26.7 Å². The van der Waals surface area contributed by atoms with Crippen molar-refractivity contribution in [3.8, 4) is 11.7 Å². The van der Waals surface area contributed by atoms with Crippen molar-refractivity contribution in [1.82, 2.24) is 29.3 Å². The lowest BCUT2D eigenvalue weighted by Crippen LogP contribution is -2.41. The number of carbonyl (C=O) groups is 1. The molecule has 1 saturated heterocycles. The van der Waals surface area contributed by atoms with Gasteiger partial charge in [-0.25, -0.2) is 14.4 Å². The number of aromatic nitrogens is 5. The number of nitrogens with zero attached hydrogens (tertiary/aromatic N) is 6. The molecule has 3 aromatic rings. The van der Waals surface area contributed by atoms with Gasteiger partial charge in [0.1, 0.15) is 5.82 Å². The number of rotatable bonds is 5. The Bertz CT molecular complexity index is 1610. The van der Waals surface area contributed by atoms with Crippen LogP contribution in [0.2, 0.25) is 0 Å². The first kappa shape index (κ1) is 28.5. The average molecular weight is 610 g/mol. The summed E-state index contributed by atoms with van der Waals surface area (Å²) in [5, 5.41) is 8.07. The van der Waals surface area contributed by atoms with Crippen LogP contribution in [0.5, 0.6) is 5.88 Å². The highest BCUT2D eigenvalue weighted by molar-refractivity contribution is 7.90. The molecule has 1 amide bonds. The molecular formula is C26H30F3N7O5S. The molecule has 6 rings (SSSR count). The normalized spacial score (nSPS) is 22.6. The lowest BCUT2D eigenvalue weighted by Gasteiger charge is -2.33. The topological polar surface area (TPSA) is 133 Å². The second-order valence-electron chi connectivity index (χ2n) is 11.5. The number of hydrogen-bond donors (Lipinski definition) is 1. The standard InChI is InChI=1S/C26H30F3N7O5S/c1-24(2)15-17-16-35(24)22-18(23(37)33-42(38,39)21-6-10-34(32-21)12-14-40-17)3-4-19(30-22)36-11-5-20(31-36)41-13-9-25(7-8-25)26(27,28)29/h3-6,10-11,17H,7-9,12-16H2,1-2H3,(H,33,37)/t17-/m1/s1. The zero-order chi connectivity index (χ0) is 29.9. The van der Waals surface area contributed by atoms with Crippen molar-refractivity contribution in [3.05, 3.63) is 42.2 Å². The van der Waals surface area contributed by atoms with E-state index in [1.807, 2.05) is 18.7 Å². The molecule has 2 fully saturated rings. The smallest absolute Gasteiger partial charge is 0.394 e. The summed E-state index contributed by atoms with van der Waals surface area (Å²) in [6, 6.07) is 5.78. The van der Waals surface area contributed by atoms with Crippen LogP contribution in [0, 0.1) is 5.41 Å². The number of halogens is 3. The number of fused-ring (bicyclic) bond motifs is 6. The maximum absolute atomic E-state index is 13.4. The number of hydrogen-bond acceptors (Lipinski definition) is 9. The van der Waals surface area contributed by atoms with Gasteiger partial charge in [0, 0.05) is 30.5 Å². The third-order valence-electron chi connectivity index (χ3n) is 8.08. The Hall–Kier alpha value is -3.66. The third kappa shape index (κ3) is 5.32. The first-order chi connectivity index (χ1) is 19.8. The molecule has 1 aliphatic carbocycles. The molecule has 0 aromatic carbocycles. The molecule has 3 aliphatic rings. The summed E-state index contributed by atoms with van der Waals surface area (Å²) in [4.78, 5) is 20.0. The Morgan fingerprint density at radius 2 is 1.93 bits per heavy atom. The van der Waals surface area contributed by atoms with E-state index in [0.29, 0.717) is 31.9 Å². The van der Waals surface area contributed by atoms with E-state index in [0.717, 1.165) is 0 Å². The molecule has 5 heterocycles. The Labute approximate surface area is 239 Å². The Balaban J connectivity index is 1.29. The van der Waals surface area contributed by atoms with E-state index in [-0.39, 0.29) is 54.3 Å². The van der Waals surface area contributed by atoms with Crippen molar-refractivity contribution in [2.45, 2.75) is 68.9 Å². The van der Waals surface area contributed by atoms with E-state index in [2.05, 4.69) is 14.9 Å². The number of pyridine rings is 1. The lowest BCUT2D eigenvalue weighted by atomic mass is 10.0. The predicted octanol–water partition coefficient (Wildman–Crippen LogP) is 3.08. The first-order valence-corrected chi connectivity index (χ1v) is 15.0. The van der Waals surface area contributed by atoms with Crippen LogP contribution < -0.4 is 14.4 Å². The van der Waals surface area contributed by atoms with Gasteiger partial charge in [0.15, 0.2) is 10.8 Å². The van der Waals surface area contributed by atoms with Crippen molar-refractivity contribution in [2.75, 3.05) is 24.7 Å². The fourth-order valence-electron chi connectivity index (χ4n) is 5.46. The molecule has 42 heavy (non-hydrogen) atoms. The molecule has 226 valence electrons. The van der Waals surface area contributed by atoms with Gasteiger partial charge in [0.05, 0.1) is 36.8 Å². The van der Waals surface area contributed by atoms with Gasteiger partial charge in [-0.15, -0.1) is 5.10 Å². The van der Waals surface area contributed by atoms with E-state index >= 15 is 0 Å². The quantitative estimate of drug-likeness (QED) is 0.463. The van der Waals surface area contributed by atoms with E-state index in [4.69, 9.17) is 14.5 Å². The molecule has 16 heteroatoms. The van der Waals surface area contributed by atoms with Crippen LogP contribution >= 0.6 is 0 Å². The Kier molecular flexibility index (Phi) is 6.75. The number of anilines is 1. The van der Waals surface area contributed by atoms with Crippen LogP contribution in [0.25, 0.3) is 5.82 Å². The number of carbonyl (C=O) groups excluding carboxylic acids is 1. The van der Waals surface area contributed by atoms with Crippen LogP contribution in [-0.2, 0) is 21.3 Å². The molecule has 12 nitrogen and oxygen atoms in total. The number of nitrogens with one attached hydrogen (secondary N) is 1. The van der Waals surface area contributed by atoms with E-state index < -0.39 is 33.1 Å². The number of alkyl halides is 3. The highest BCUT2D eigenvalue weighted by Crippen LogP contribution is 2.59. The Morgan fingerprint density at radius 1 is 1.14 bits per heavy atom. The van der Waals surface area contributed by atoms with Crippen molar-refractivity contribution < 1.29 is 35.9 Å². The largest absolute Gasteiger partial charge is 0.477 e. The molecule has 0 radical (unpaired) electrons. The highest BCUT2D eigenvalue weighted by atomic mass is 32.2. The molecule has 4 bridgehead atoms. The average Bonchev–Trinajstić information content (AvgIpc) is 3.22.